The van der Waals surface area contributed by atoms with E-state index in [1.165, 1.54) is 6.92 Å². The van der Waals surface area contributed by atoms with Crippen LogP contribution in [0.2, 0.25) is 0 Å². The van der Waals surface area contributed by atoms with Gasteiger partial charge in [-0.1, -0.05) is 30.3 Å². The number of nitriles is 1. The highest BCUT2D eigenvalue weighted by molar-refractivity contribution is 5.68. The first-order valence-electron chi connectivity index (χ1n) is 10.0. The van der Waals surface area contributed by atoms with Crippen molar-refractivity contribution in [3.8, 4) is 6.07 Å². The van der Waals surface area contributed by atoms with Crippen molar-refractivity contribution in [2.75, 3.05) is 6.61 Å². The molecule has 1 aliphatic rings. The summed E-state index contributed by atoms with van der Waals surface area (Å²) in [4.78, 5) is 46.8. The Labute approximate surface area is 190 Å². The van der Waals surface area contributed by atoms with Crippen LogP contribution in [-0.4, -0.2) is 61.2 Å². The second kappa shape index (κ2) is 11.9. The van der Waals surface area contributed by atoms with E-state index in [1.54, 1.807) is 30.3 Å². The molecule has 11 heteroatoms. The fraction of sp³-hybridized carbons (Fsp3) is 0.500. The third-order valence-corrected chi connectivity index (χ3v) is 4.44. The van der Waals surface area contributed by atoms with Gasteiger partial charge in [0.1, 0.15) is 12.7 Å². The third kappa shape index (κ3) is 7.55. The standard InChI is InChI=1S/C22H25NO10/c1-12(24)28-11-18-19(29-13(2)25)20(30-14(3)26)21(31-15(4)27)22(33-18)32-17(10-23)16-8-6-5-7-9-16/h5-9,17-22H,11H2,1-4H3/t17-,18-,19-,20+,21-,22-/m1/s1. The summed E-state index contributed by atoms with van der Waals surface area (Å²) in [5.74, 6) is -2.90. The first kappa shape index (κ1) is 25.8. The van der Waals surface area contributed by atoms with Gasteiger partial charge in [-0.25, -0.2) is 0 Å². The largest absolute Gasteiger partial charge is 0.463 e. The summed E-state index contributed by atoms with van der Waals surface area (Å²) in [5, 5.41) is 9.64. The molecule has 0 amide bonds. The van der Waals surface area contributed by atoms with E-state index in [0.717, 1.165) is 20.8 Å². The van der Waals surface area contributed by atoms with Crippen LogP contribution in [0.4, 0.5) is 0 Å². The number of ether oxygens (including phenoxy) is 6. The van der Waals surface area contributed by atoms with E-state index in [2.05, 4.69) is 0 Å². The van der Waals surface area contributed by atoms with Gasteiger partial charge in [0.2, 0.25) is 6.29 Å². The molecule has 11 nitrogen and oxygen atoms in total. The van der Waals surface area contributed by atoms with Gasteiger partial charge in [0.15, 0.2) is 24.4 Å². The quantitative estimate of drug-likeness (QED) is 0.406. The van der Waals surface area contributed by atoms with Crippen molar-refractivity contribution in [1.82, 2.24) is 0 Å². The fourth-order valence-electron chi connectivity index (χ4n) is 3.24. The lowest BCUT2D eigenvalue weighted by Gasteiger charge is -2.44. The molecule has 1 fully saturated rings. The summed E-state index contributed by atoms with van der Waals surface area (Å²) >= 11 is 0. The van der Waals surface area contributed by atoms with Gasteiger partial charge < -0.3 is 28.4 Å². The number of hydrogen-bond donors (Lipinski definition) is 0. The molecule has 0 spiro atoms. The Morgan fingerprint density at radius 3 is 1.94 bits per heavy atom. The smallest absolute Gasteiger partial charge is 0.303 e. The summed E-state index contributed by atoms with van der Waals surface area (Å²) in [6, 6.07) is 10.5. The van der Waals surface area contributed by atoms with E-state index in [9.17, 15) is 24.4 Å². The number of rotatable bonds is 8. The van der Waals surface area contributed by atoms with Gasteiger partial charge >= 0.3 is 23.9 Å². The summed E-state index contributed by atoms with van der Waals surface area (Å²) in [6.45, 7) is 4.14. The van der Waals surface area contributed by atoms with Crippen LogP contribution < -0.4 is 0 Å². The van der Waals surface area contributed by atoms with E-state index in [0.29, 0.717) is 5.56 Å². The van der Waals surface area contributed by atoms with Crippen LogP contribution in [0, 0.1) is 11.3 Å². The van der Waals surface area contributed by atoms with E-state index >= 15 is 0 Å². The predicted octanol–water partition coefficient (Wildman–Crippen LogP) is 1.35. The SMILES string of the molecule is CC(=O)OC[C@H]1O[C@@H](O[C@H](C#N)c2ccccc2)[C@H](OC(C)=O)[C@@H](OC(C)=O)[C@@H]1OC(C)=O. The second-order valence-electron chi connectivity index (χ2n) is 7.12. The van der Waals surface area contributed by atoms with Crippen LogP contribution in [0.1, 0.15) is 39.4 Å². The monoisotopic (exact) mass is 463 g/mol. The van der Waals surface area contributed by atoms with Crippen molar-refractivity contribution in [3.63, 3.8) is 0 Å². The molecule has 0 N–H and O–H groups in total. The van der Waals surface area contributed by atoms with Gasteiger partial charge in [0.25, 0.3) is 0 Å². The number of carbonyl (C=O) groups is 4. The highest BCUT2D eigenvalue weighted by Gasteiger charge is 2.53. The van der Waals surface area contributed by atoms with E-state index in [1.807, 2.05) is 6.07 Å². The molecule has 0 saturated carbocycles. The highest BCUT2D eigenvalue weighted by atomic mass is 16.7. The molecule has 2 rings (SSSR count). The minimum absolute atomic E-state index is 0.389. The molecular weight excluding hydrogens is 438 g/mol. The lowest BCUT2D eigenvalue weighted by molar-refractivity contribution is -0.314. The van der Waals surface area contributed by atoms with Gasteiger partial charge in [0, 0.05) is 27.7 Å². The molecule has 1 aromatic carbocycles. The Hall–Kier alpha value is -3.49. The van der Waals surface area contributed by atoms with Gasteiger partial charge in [-0.15, -0.1) is 0 Å². The van der Waals surface area contributed by atoms with Gasteiger partial charge in [-0.3, -0.25) is 19.2 Å². The maximum atomic E-state index is 11.8. The number of esters is 4. The Morgan fingerprint density at radius 2 is 1.42 bits per heavy atom. The van der Waals surface area contributed by atoms with Crippen LogP contribution in [0.25, 0.3) is 0 Å². The van der Waals surface area contributed by atoms with Crippen LogP contribution in [0.3, 0.4) is 0 Å². The second-order valence-corrected chi connectivity index (χ2v) is 7.12. The molecular formula is C22H25NO10. The maximum absolute atomic E-state index is 11.8. The summed E-state index contributed by atoms with van der Waals surface area (Å²) in [6.07, 6.45) is -7.81. The minimum Gasteiger partial charge on any atom is -0.463 e. The normalized spacial score (nSPS) is 25.1. The lowest BCUT2D eigenvalue weighted by Crippen LogP contribution is -2.63. The van der Waals surface area contributed by atoms with Crippen molar-refractivity contribution in [1.29, 1.82) is 5.26 Å². The molecule has 0 aromatic heterocycles. The zero-order valence-corrected chi connectivity index (χ0v) is 18.6. The number of nitrogens with zero attached hydrogens (tertiary/aromatic N) is 1. The molecule has 1 saturated heterocycles. The topological polar surface area (TPSA) is 147 Å². The molecule has 0 radical (unpaired) electrons. The number of carbonyl (C=O) groups excluding carboxylic acids is 4. The molecule has 1 heterocycles. The Morgan fingerprint density at radius 1 is 0.879 bits per heavy atom. The maximum Gasteiger partial charge on any atom is 0.303 e. The number of hydrogen-bond acceptors (Lipinski definition) is 11. The van der Waals surface area contributed by atoms with Crippen LogP contribution in [-0.2, 0) is 47.6 Å². The zero-order chi connectivity index (χ0) is 24.5. The van der Waals surface area contributed by atoms with Gasteiger partial charge in [0.05, 0.1) is 6.07 Å². The van der Waals surface area contributed by atoms with Crippen molar-refractivity contribution in [2.45, 2.75) is 64.5 Å². The molecule has 0 unspecified atom stereocenters. The van der Waals surface area contributed by atoms with E-state index < -0.39 is 60.7 Å². The molecule has 178 valence electrons. The Kier molecular flexibility index (Phi) is 9.32. The average molecular weight is 463 g/mol. The predicted molar refractivity (Wildman–Crippen MR) is 108 cm³/mol. The van der Waals surface area contributed by atoms with E-state index in [4.69, 9.17) is 28.4 Å². The van der Waals surface area contributed by atoms with Gasteiger partial charge in [-0.2, -0.15) is 5.26 Å². The van der Waals surface area contributed by atoms with Crippen molar-refractivity contribution < 1.29 is 47.6 Å². The first-order chi connectivity index (χ1) is 15.6. The van der Waals surface area contributed by atoms with Crippen molar-refractivity contribution in [2.24, 2.45) is 0 Å². The highest BCUT2D eigenvalue weighted by Crippen LogP contribution is 2.32. The van der Waals surface area contributed by atoms with Crippen molar-refractivity contribution >= 4 is 23.9 Å². The molecule has 6 atom stereocenters. The zero-order valence-electron chi connectivity index (χ0n) is 18.6. The molecule has 33 heavy (non-hydrogen) atoms. The summed E-state index contributed by atoms with van der Waals surface area (Å²) in [7, 11) is 0. The Bertz CT molecular complexity index is 896. The van der Waals surface area contributed by atoms with Crippen LogP contribution in [0.5, 0.6) is 0 Å². The van der Waals surface area contributed by atoms with Crippen LogP contribution >= 0.6 is 0 Å². The summed E-state index contributed by atoms with van der Waals surface area (Å²) in [5.41, 5.74) is 0.493. The minimum atomic E-state index is -1.43. The lowest BCUT2D eigenvalue weighted by atomic mass is 9.98. The summed E-state index contributed by atoms with van der Waals surface area (Å²) < 4.78 is 32.6. The average Bonchev–Trinajstić information content (AvgIpc) is 2.74. The fourth-order valence-corrected chi connectivity index (χ4v) is 3.24. The molecule has 0 aliphatic carbocycles. The van der Waals surface area contributed by atoms with Crippen molar-refractivity contribution in [3.05, 3.63) is 35.9 Å². The van der Waals surface area contributed by atoms with Crippen LogP contribution in [0.15, 0.2) is 30.3 Å². The molecule has 0 bridgehead atoms. The molecule has 1 aliphatic heterocycles. The Balaban J connectivity index is 2.46. The van der Waals surface area contributed by atoms with Gasteiger partial charge in [-0.05, 0) is 5.56 Å². The molecule has 1 aromatic rings. The third-order valence-electron chi connectivity index (χ3n) is 4.44. The van der Waals surface area contributed by atoms with E-state index in [-0.39, 0.29) is 6.61 Å². The first-order valence-corrected chi connectivity index (χ1v) is 10.0. The number of benzene rings is 1.